The van der Waals surface area contributed by atoms with Crippen molar-refractivity contribution < 1.29 is 8.83 Å². The molecule has 0 bridgehead atoms. The summed E-state index contributed by atoms with van der Waals surface area (Å²) in [6.45, 7) is 0. The first-order valence-electron chi connectivity index (χ1n) is 36.8. The summed E-state index contributed by atoms with van der Waals surface area (Å²) in [6, 6.07) is 146. The molecule has 107 heavy (non-hydrogen) atoms. The molecule has 500 valence electrons. The summed E-state index contributed by atoms with van der Waals surface area (Å²) >= 11 is 0. The van der Waals surface area contributed by atoms with E-state index >= 15 is 0 Å². The number of hydrogen-bond acceptors (Lipinski definition) is 4. The molecule has 2 aliphatic carbocycles. The highest BCUT2D eigenvalue weighted by Gasteiger charge is 2.52. The maximum absolute atomic E-state index is 7.15. The molecular weight excluding hydrogens is 1300 g/mol. The number of fused-ring (bicyclic) bond motifs is 16. The highest BCUT2D eigenvalue weighted by atomic mass is 16.3. The Kier molecular flexibility index (Phi) is 14.5. The topological polar surface area (TPSA) is 32.8 Å². The van der Waals surface area contributed by atoms with Gasteiger partial charge < -0.3 is 18.6 Å². The van der Waals surface area contributed by atoms with E-state index < -0.39 is 5.41 Å². The first-order valence-corrected chi connectivity index (χ1v) is 36.8. The van der Waals surface area contributed by atoms with Crippen LogP contribution in [0.1, 0.15) is 22.3 Å². The van der Waals surface area contributed by atoms with Gasteiger partial charge in [-0.3, -0.25) is 0 Å². The highest BCUT2D eigenvalue weighted by Crippen LogP contribution is 2.64. The quantitative estimate of drug-likeness (QED) is 0.115. The third kappa shape index (κ3) is 10.2. The summed E-state index contributed by atoms with van der Waals surface area (Å²) in [5, 5.41) is 4.41. The highest BCUT2D eigenvalue weighted by molar-refractivity contribution is 6.12. The van der Waals surface area contributed by atoms with Gasteiger partial charge >= 0.3 is 0 Å². The number of hydrogen-bond donors (Lipinski definition) is 0. The van der Waals surface area contributed by atoms with Gasteiger partial charge in [0, 0.05) is 66.8 Å². The molecule has 0 amide bonds. The molecule has 2 aromatic heterocycles. The Morgan fingerprint density at radius 3 is 1.03 bits per heavy atom. The lowest BCUT2D eigenvalue weighted by Gasteiger charge is -2.32. The number of benzene rings is 17. The lowest BCUT2D eigenvalue weighted by atomic mass is 9.70. The van der Waals surface area contributed by atoms with Crippen LogP contribution in [0.4, 0.5) is 34.1 Å². The van der Waals surface area contributed by atoms with Gasteiger partial charge in [0.1, 0.15) is 22.3 Å². The Morgan fingerprint density at radius 2 is 0.486 bits per heavy atom. The van der Waals surface area contributed by atoms with Gasteiger partial charge in [0.25, 0.3) is 0 Å². The molecular formula is C103H66N2O2. The summed E-state index contributed by atoms with van der Waals surface area (Å²) in [5.41, 5.74) is 35.2. The summed E-state index contributed by atoms with van der Waals surface area (Å²) in [7, 11) is 0. The van der Waals surface area contributed by atoms with Crippen LogP contribution in [0.3, 0.4) is 0 Å². The first kappa shape index (κ1) is 61.6. The molecule has 0 radical (unpaired) electrons. The number of rotatable bonds is 13. The normalized spacial score (nSPS) is 13.3. The zero-order valence-corrected chi connectivity index (χ0v) is 58.3. The minimum atomic E-state index is -0.636. The molecule has 1 spiro atoms. The van der Waals surface area contributed by atoms with Crippen LogP contribution in [0.15, 0.2) is 409 Å². The second kappa shape index (κ2) is 25.1. The van der Waals surface area contributed by atoms with E-state index in [2.05, 4.69) is 404 Å². The Morgan fingerprint density at radius 1 is 0.168 bits per heavy atom. The van der Waals surface area contributed by atoms with E-state index in [1.807, 2.05) is 6.07 Å². The van der Waals surface area contributed by atoms with Gasteiger partial charge in [0.2, 0.25) is 0 Å². The van der Waals surface area contributed by atoms with Crippen molar-refractivity contribution in [3.8, 4) is 100 Å². The van der Waals surface area contributed by atoms with Crippen LogP contribution in [-0.4, -0.2) is 0 Å². The molecule has 2 aliphatic rings. The van der Waals surface area contributed by atoms with Crippen molar-refractivity contribution in [2.45, 2.75) is 5.41 Å². The second-order valence-electron chi connectivity index (χ2n) is 28.2. The van der Waals surface area contributed by atoms with Crippen LogP contribution < -0.4 is 9.80 Å². The SMILES string of the molecule is c1ccc(-c2ccc(N(c3ccc(-c4ccccc4)cc3)c3ccc(-c4cccc(-c5cccc6c5oc5cc(-c7ccc8c(c7)C7(c9ccccc9-8)c8ccccc8-c8ccc(N(c9ccc(-c%10ccccc%10)cc9)c9ccc(-c%10cccc%11c%10oc%10ccccc%10%11)cc9)cc87)ccc56)c4)cc3)cc2)cc1. The Hall–Kier alpha value is -14.1. The third-order valence-corrected chi connectivity index (χ3v) is 22.3. The average Bonchev–Trinajstić information content (AvgIpc) is 1.51. The van der Waals surface area contributed by atoms with Gasteiger partial charge in [-0.05, 0) is 214 Å². The van der Waals surface area contributed by atoms with E-state index in [4.69, 9.17) is 8.83 Å². The van der Waals surface area contributed by atoms with Gasteiger partial charge in [-0.1, -0.05) is 297 Å². The van der Waals surface area contributed by atoms with E-state index in [-0.39, 0.29) is 0 Å². The van der Waals surface area contributed by atoms with E-state index in [0.717, 1.165) is 123 Å². The predicted octanol–water partition coefficient (Wildman–Crippen LogP) is 28.4. The number of furan rings is 2. The molecule has 0 saturated carbocycles. The molecule has 19 aromatic rings. The molecule has 0 fully saturated rings. The molecule has 1 atom stereocenters. The smallest absolute Gasteiger partial charge is 0.143 e. The molecule has 21 rings (SSSR count). The van der Waals surface area contributed by atoms with E-state index in [0.29, 0.717) is 0 Å². The summed E-state index contributed by atoms with van der Waals surface area (Å²) in [5.74, 6) is 0. The average molecular weight is 1360 g/mol. The van der Waals surface area contributed by atoms with Crippen molar-refractivity contribution in [2.24, 2.45) is 0 Å². The number of nitrogens with zero attached hydrogens (tertiary/aromatic N) is 2. The van der Waals surface area contributed by atoms with Crippen molar-refractivity contribution in [1.82, 2.24) is 0 Å². The molecule has 4 heteroatoms. The van der Waals surface area contributed by atoms with Gasteiger partial charge in [-0.15, -0.1) is 0 Å². The molecule has 0 aliphatic heterocycles. The zero-order valence-electron chi connectivity index (χ0n) is 58.3. The predicted molar refractivity (Wildman–Crippen MR) is 445 cm³/mol. The van der Waals surface area contributed by atoms with Crippen molar-refractivity contribution >= 4 is 78.0 Å². The molecule has 2 heterocycles. The molecule has 0 N–H and O–H groups in total. The van der Waals surface area contributed by atoms with Gasteiger partial charge in [0.05, 0.1) is 5.41 Å². The van der Waals surface area contributed by atoms with Crippen molar-refractivity contribution in [3.05, 3.63) is 423 Å². The van der Waals surface area contributed by atoms with E-state index in [1.165, 1.54) is 77.9 Å². The fourth-order valence-corrected chi connectivity index (χ4v) is 17.3. The van der Waals surface area contributed by atoms with Crippen LogP contribution in [0, 0.1) is 0 Å². The fraction of sp³-hybridized carbons (Fsp3) is 0.00971. The van der Waals surface area contributed by atoms with Crippen molar-refractivity contribution in [2.75, 3.05) is 9.80 Å². The standard InChI is InChI=1S/C103H66N2O2/c1-4-19-67(20-5-1)70-37-49-79(50-38-70)104(80-51-39-71(40-52-80)68-21-6-2-7-22-68)81-55-43-73(44-56-81)75-25-16-26-78(63-75)86-31-18-33-94-92-61-48-77(65-100(92)107-102(86)94)76-47-60-89-87-27-10-13-34-95(87)103(97(89)64-76)96-35-14-11-28-88(96)90-62-59-84(66-98(90)103)105(82-53-41-72(42-54-82)69-23-8-3-9-24-69)83-57-45-74(46-58-83)85-30-17-32-93-91-29-12-15-36-99(91)106-101(85)93/h1-66H. The fourth-order valence-electron chi connectivity index (χ4n) is 17.3. The van der Waals surface area contributed by atoms with Crippen molar-refractivity contribution in [3.63, 3.8) is 0 Å². The molecule has 4 nitrogen and oxygen atoms in total. The van der Waals surface area contributed by atoms with Gasteiger partial charge in [-0.2, -0.15) is 0 Å². The van der Waals surface area contributed by atoms with Gasteiger partial charge in [-0.25, -0.2) is 0 Å². The number of para-hydroxylation sites is 3. The minimum absolute atomic E-state index is 0.636. The molecule has 1 unspecified atom stereocenters. The maximum Gasteiger partial charge on any atom is 0.143 e. The second-order valence-corrected chi connectivity index (χ2v) is 28.2. The monoisotopic (exact) mass is 1360 g/mol. The Bertz CT molecular complexity index is 6540. The number of anilines is 6. The Labute approximate surface area is 620 Å². The van der Waals surface area contributed by atoms with Gasteiger partial charge in [0.15, 0.2) is 0 Å². The Balaban J connectivity index is 0.633. The van der Waals surface area contributed by atoms with Crippen LogP contribution in [-0.2, 0) is 5.41 Å². The lowest BCUT2D eigenvalue weighted by Crippen LogP contribution is -2.26. The van der Waals surface area contributed by atoms with Crippen LogP contribution in [0.5, 0.6) is 0 Å². The van der Waals surface area contributed by atoms with E-state index in [1.54, 1.807) is 0 Å². The lowest BCUT2D eigenvalue weighted by molar-refractivity contribution is 0.669. The van der Waals surface area contributed by atoms with E-state index in [9.17, 15) is 0 Å². The van der Waals surface area contributed by atoms with Crippen LogP contribution >= 0.6 is 0 Å². The summed E-state index contributed by atoms with van der Waals surface area (Å²) in [6.07, 6.45) is 0. The van der Waals surface area contributed by atoms with Crippen LogP contribution in [0.25, 0.3) is 144 Å². The first-order chi connectivity index (χ1) is 53.0. The minimum Gasteiger partial charge on any atom is -0.455 e. The largest absolute Gasteiger partial charge is 0.455 e. The third-order valence-electron chi connectivity index (χ3n) is 22.3. The van der Waals surface area contributed by atoms with Crippen molar-refractivity contribution in [1.29, 1.82) is 0 Å². The maximum atomic E-state index is 7.15. The summed E-state index contributed by atoms with van der Waals surface area (Å²) in [4.78, 5) is 4.77. The summed E-state index contributed by atoms with van der Waals surface area (Å²) < 4.78 is 13.7. The van der Waals surface area contributed by atoms with Crippen LogP contribution in [0.2, 0.25) is 0 Å². The molecule has 17 aromatic carbocycles. The zero-order chi connectivity index (χ0) is 70.5. The molecule has 0 saturated heterocycles.